The van der Waals surface area contributed by atoms with E-state index in [1.807, 2.05) is 16.8 Å². The molecule has 1 atom stereocenters. The zero-order valence-corrected chi connectivity index (χ0v) is 10.1. The van der Waals surface area contributed by atoms with Crippen molar-refractivity contribution < 1.29 is 14.6 Å². The first-order chi connectivity index (χ1) is 7.76. The monoisotopic (exact) mass is 243 g/mol. The maximum absolute atomic E-state index is 11.6. The minimum absolute atomic E-state index is 0.0334. The second-order valence-corrected chi connectivity index (χ2v) is 4.32. The first kappa shape index (κ1) is 13.2. The van der Waals surface area contributed by atoms with Crippen molar-refractivity contribution in [3.05, 3.63) is 22.4 Å². The number of methoxy groups -OCH3 is 1. The van der Waals surface area contributed by atoms with Gasteiger partial charge in [0.15, 0.2) is 0 Å². The quantitative estimate of drug-likeness (QED) is 0.745. The van der Waals surface area contributed by atoms with Gasteiger partial charge in [-0.1, -0.05) is 0 Å². The van der Waals surface area contributed by atoms with E-state index in [0.717, 1.165) is 5.56 Å². The molecule has 5 heteroatoms. The summed E-state index contributed by atoms with van der Waals surface area (Å²) in [7, 11) is 1.58. The number of aliphatic hydroxyl groups is 1. The Morgan fingerprint density at radius 3 is 3.06 bits per heavy atom. The third-order valence-corrected chi connectivity index (χ3v) is 2.89. The molecule has 0 saturated carbocycles. The first-order valence-corrected chi connectivity index (χ1v) is 6.10. The predicted molar refractivity (Wildman–Crippen MR) is 63.5 cm³/mol. The highest BCUT2D eigenvalue weighted by molar-refractivity contribution is 7.07. The average Bonchev–Trinajstić information content (AvgIpc) is 2.71. The second-order valence-electron chi connectivity index (χ2n) is 3.54. The van der Waals surface area contributed by atoms with Crippen LogP contribution in [0.4, 0.5) is 0 Å². The lowest BCUT2D eigenvalue weighted by Gasteiger charge is -2.16. The van der Waals surface area contributed by atoms with Gasteiger partial charge in [-0.2, -0.15) is 11.3 Å². The van der Waals surface area contributed by atoms with Gasteiger partial charge in [0.2, 0.25) is 5.91 Å². The molecule has 1 aromatic rings. The average molecular weight is 243 g/mol. The van der Waals surface area contributed by atoms with Crippen LogP contribution >= 0.6 is 11.3 Å². The van der Waals surface area contributed by atoms with E-state index in [0.29, 0.717) is 19.4 Å². The van der Waals surface area contributed by atoms with Crippen molar-refractivity contribution in [1.82, 2.24) is 5.32 Å². The molecule has 16 heavy (non-hydrogen) atoms. The van der Waals surface area contributed by atoms with E-state index >= 15 is 0 Å². The summed E-state index contributed by atoms with van der Waals surface area (Å²) in [4.78, 5) is 11.6. The van der Waals surface area contributed by atoms with Gasteiger partial charge in [-0.25, -0.2) is 0 Å². The van der Waals surface area contributed by atoms with Gasteiger partial charge in [-0.15, -0.1) is 0 Å². The van der Waals surface area contributed by atoms with Gasteiger partial charge in [0, 0.05) is 13.7 Å². The molecule has 4 nitrogen and oxygen atoms in total. The van der Waals surface area contributed by atoms with Crippen LogP contribution in [0, 0.1) is 0 Å². The van der Waals surface area contributed by atoms with Gasteiger partial charge in [-0.3, -0.25) is 4.79 Å². The van der Waals surface area contributed by atoms with Gasteiger partial charge in [-0.05, 0) is 28.8 Å². The molecule has 0 fully saturated rings. The molecule has 1 unspecified atom stereocenters. The topological polar surface area (TPSA) is 58.6 Å². The fraction of sp³-hybridized carbons (Fsp3) is 0.545. The molecule has 0 aliphatic carbocycles. The zero-order valence-electron chi connectivity index (χ0n) is 9.31. The van der Waals surface area contributed by atoms with Crippen molar-refractivity contribution in [2.75, 3.05) is 20.3 Å². The molecule has 0 saturated heterocycles. The number of aliphatic hydroxyl groups excluding tert-OH is 1. The molecule has 0 bridgehead atoms. The van der Waals surface area contributed by atoms with Gasteiger partial charge >= 0.3 is 0 Å². The van der Waals surface area contributed by atoms with Gasteiger partial charge in [0.1, 0.15) is 0 Å². The highest BCUT2D eigenvalue weighted by Gasteiger charge is 2.11. The molecule has 0 spiro atoms. The van der Waals surface area contributed by atoms with Crippen LogP contribution in [0.25, 0.3) is 0 Å². The van der Waals surface area contributed by atoms with E-state index in [1.54, 1.807) is 18.4 Å². The number of nitrogens with one attached hydrogen (secondary N) is 1. The van der Waals surface area contributed by atoms with Crippen molar-refractivity contribution >= 4 is 17.2 Å². The van der Waals surface area contributed by atoms with Crippen LogP contribution < -0.4 is 5.32 Å². The Labute approximate surface area is 99.2 Å². The fourth-order valence-corrected chi connectivity index (χ4v) is 2.08. The number of amides is 1. The molecule has 1 rings (SSSR count). The molecule has 90 valence electrons. The number of ether oxygens (including phenoxy) is 1. The zero-order chi connectivity index (χ0) is 11.8. The van der Waals surface area contributed by atoms with Gasteiger partial charge in [0.25, 0.3) is 0 Å². The maximum Gasteiger partial charge on any atom is 0.224 e. The van der Waals surface area contributed by atoms with Crippen LogP contribution in [0.15, 0.2) is 16.8 Å². The summed E-state index contributed by atoms with van der Waals surface area (Å²) in [6.45, 7) is 0.475. The minimum Gasteiger partial charge on any atom is -0.396 e. The van der Waals surface area contributed by atoms with Gasteiger partial charge < -0.3 is 15.2 Å². The highest BCUT2D eigenvalue weighted by atomic mass is 32.1. The molecule has 2 N–H and O–H groups in total. The molecular weight excluding hydrogens is 226 g/mol. The van der Waals surface area contributed by atoms with Crippen molar-refractivity contribution in [1.29, 1.82) is 0 Å². The molecule has 0 radical (unpaired) electrons. The maximum atomic E-state index is 11.6. The molecule has 1 amide bonds. The number of thiophene rings is 1. The molecule has 1 heterocycles. The minimum atomic E-state index is -0.110. The number of hydrogen-bond donors (Lipinski definition) is 2. The highest BCUT2D eigenvalue weighted by Crippen LogP contribution is 2.06. The summed E-state index contributed by atoms with van der Waals surface area (Å²) in [5, 5.41) is 15.6. The van der Waals surface area contributed by atoms with Gasteiger partial charge in [0.05, 0.1) is 19.1 Å². The predicted octanol–water partition coefficient (Wildman–Crippen LogP) is 0.804. The van der Waals surface area contributed by atoms with Crippen LogP contribution in [0.3, 0.4) is 0 Å². The smallest absolute Gasteiger partial charge is 0.224 e. The summed E-state index contributed by atoms with van der Waals surface area (Å²) < 4.78 is 4.97. The van der Waals surface area contributed by atoms with E-state index in [4.69, 9.17) is 9.84 Å². The normalized spacial score (nSPS) is 12.4. The summed E-state index contributed by atoms with van der Waals surface area (Å²) in [6.07, 6.45) is 0.901. The summed E-state index contributed by atoms with van der Waals surface area (Å²) >= 11 is 1.58. The Morgan fingerprint density at radius 2 is 2.50 bits per heavy atom. The van der Waals surface area contributed by atoms with Crippen molar-refractivity contribution in [3.63, 3.8) is 0 Å². The Bertz CT molecular complexity index is 294. The Kier molecular flexibility index (Phi) is 6.07. The summed E-state index contributed by atoms with van der Waals surface area (Å²) in [5.41, 5.74) is 1.02. The third-order valence-electron chi connectivity index (χ3n) is 2.16. The third kappa shape index (κ3) is 4.74. The Morgan fingerprint density at radius 1 is 1.69 bits per heavy atom. The van der Waals surface area contributed by atoms with E-state index in [2.05, 4.69) is 5.32 Å². The number of rotatable bonds is 7. The van der Waals surface area contributed by atoms with Crippen LogP contribution in [-0.4, -0.2) is 37.4 Å². The van der Waals surface area contributed by atoms with Crippen molar-refractivity contribution in [3.8, 4) is 0 Å². The molecule has 0 aromatic carbocycles. The summed E-state index contributed by atoms with van der Waals surface area (Å²) in [6, 6.07) is 1.82. The Balaban J connectivity index is 2.35. The van der Waals surface area contributed by atoms with E-state index in [-0.39, 0.29) is 18.6 Å². The molecular formula is C11H17NO3S. The largest absolute Gasteiger partial charge is 0.396 e. The molecule has 0 aliphatic heterocycles. The second kappa shape index (κ2) is 7.38. The fourth-order valence-electron chi connectivity index (χ4n) is 1.41. The van der Waals surface area contributed by atoms with Crippen LogP contribution in [0.1, 0.15) is 12.0 Å². The van der Waals surface area contributed by atoms with Crippen molar-refractivity contribution in [2.24, 2.45) is 0 Å². The van der Waals surface area contributed by atoms with E-state index < -0.39 is 0 Å². The number of carbonyl (C=O) groups is 1. The van der Waals surface area contributed by atoms with Crippen molar-refractivity contribution in [2.45, 2.75) is 18.9 Å². The van der Waals surface area contributed by atoms with Crippen LogP contribution in [0.2, 0.25) is 0 Å². The molecule has 0 aliphatic rings. The van der Waals surface area contributed by atoms with Crippen LogP contribution in [-0.2, 0) is 16.0 Å². The van der Waals surface area contributed by atoms with E-state index in [1.165, 1.54) is 0 Å². The molecule has 1 aromatic heterocycles. The Hall–Kier alpha value is -0.910. The summed E-state index contributed by atoms with van der Waals surface area (Å²) in [5.74, 6) is -0.0334. The first-order valence-electron chi connectivity index (χ1n) is 5.16. The SMILES string of the molecule is COCC(CCO)NC(=O)Cc1ccsc1. The van der Waals surface area contributed by atoms with Crippen LogP contribution in [0.5, 0.6) is 0 Å². The number of hydrogen-bond acceptors (Lipinski definition) is 4. The van der Waals surface area contributed by atoms with E-state index in [9.17, 15) is 4.79 Å². The number of carbonyl (C=O) groups excluding carboxylic acids is 1. The lowest BCUT2D eigenvalue weighted by atomic mass is 10.2. The standard InChI is InChI=1S/C11H17NO3S/c1-15-7-10(2-4-13)12-11(14)6-9-3-5-16-8-9/h3,5,8,10,13H,2,4,6-7H2,1H3,(H,12,14). The lowest BCUT2D eigenvalue weighted by Crippen LogP contribution is -2.39. The lowest BCUT2D eigenvalue weighted by molar-refractivity contribution is -0.121.